The van der Waals surface area contributed by atoms with Crippen molar-refractivity contribution in [1.82, 2.24) is 0 Å². The van der Waals surface area contributed by atoms with Crippen LogP contribution in [-0.4, -0.2) is 248 Å². The fraction of sp³-hybridized carbons (Fsp3) is 0.793. The molecule has 8 saturated heterocycles. The summed E-state index contributed by atoms with van der Waals surface area (Å²) >= 11 is 0. The van der Waals surface area contributed by atoms with Crippen LogP contribution in [0.3, 0.4) is 0 Å². The van der Waals surface area contributed by atoms with Crippen LogP contribution in [0.25, 0.3) is 0 Å². The first-order chi connectivity index (χ1) is 43.3. The third-order valence-corrected chi connectivity index (χ3v) is 12.3. The lowest BCUT2D eigenvalue weighted by Gasteiger charge is -2.22. The van der Waals surface area contributed by atoms with E-state index in [-0.39, 0.29) is 134 Å². The van der Waals surface area contributed by atoms with Crippen LogP contribution in [0.2, 0.25) is 0 Å². The predicted molar refractivity (Wildman–Crippen MR) is 300 cm³/mol. The fourth-order valence-corrected chi connectivity index (χ4v) is 7.86. The molecule has 516 valence electrons. The third-order valence-electron chi connectivity index (χ3n) is 12.3. The number of rotatable bonds is 15. The molecule has 8 heterocycles. The van der Waals surface area contributed by atoms with E-state index < -0.39 is 60.4 Å². The van der Waals surface area contributed by atoms with Crippen molar-refractivity contribution in [3.05, 3.63) is 25.5 Å². The van der Waals surface area contributed by atoms with Gasteiger partial charge in [-0.2, -0.15) is 0 Å². The molecular weight excluding hydrogens is 1210 g/mol. The van der Waals surface area contributed by atoms with Crippen LogP contribution in [-0.2, 0) is 152 Å². The van der Waals surface area contributed by atoms with E-state index in [1.54, 1.807) is 20.8 Å². The Morgan fingerprint density at radius 3 is 1.04 bits per heavy atom. The van der Waals surface area contributed by atoms with Crippen molar-refractivity contribution >= 4 is 47.8 Å². The lowest BCUT2D eigenvalue weighted by Crippen LogP contribution is -2.32. The predicted octanol–water partition coefficient (Wildman–Crippen LogP) is 2.68. The van der Waals surface area contributed by atoms with Gasteiger partial charge in [-0.1, -0.05) is 25.7 Å². The quantitative estimate of drug-likeness (QED) is 0.0984. The van der Waals surface area contributed by atoms with E-state index in [4.69, 9.17) is 99.5 Å². The zero-order valence-corrected chi connectivity index (χ0v) is 52.6. The molecule has 32 nitrogen and oxygen atoms in total. The summed E-state index contributed by atoms with van der Waals surface area (Å²) in [6, 6.07) is 0. The van der Waals surface area contributed by atoms with Crippen molar-refractivity contribution in [1.29, 1.82) is 0 Å². The van der Waals surface area contributed by atoms with Crippen LogP contribution >= 0.6 is 0 Å². The first kappa shape index (κ1) is 78.8. The highest BCUT2D eigenvalue weighted by Gasteiger charge is 2.33. The van der Waals surface area contributed by atoms with E-state index in [9.17, 15) is 38.4 Å². The van der Waals surface area contributed by atoms with Gasteiger partial charge >= 0.3 is 47.8 Å². The van der Waals surface area contributed by atoms with E-state index in [0.717, 1.165) is 31.9 Å². The van der Waals surface area contributed by atoms with E-state index in [1.807, 2.05) is 20.8 Å². The molecule has 0 aromatic rings. The summed E-state index contributed by atoms with van der Waals surface area (Å²) in [5.74, 6) is -2.74. The Hall–Kier alpha value is -5.40. The Morgan fingerprint density at radius 1 is 0.433 bits per heavy atom. The van der Waals surface area contributed by atoms with Gasteiger partial charge in [0.1, 0.15) is 78.8 Å². The average Bonchev–Trinajstić information content (AvgIpc) is 4.54. The Kier molecular flexibility index (Phi) is 40.8. The molecule has 2 saturated carbocycles. The molecule has 2 aliphatic carbocycles. The summed E-state index contributed by atoms with van der Waals surface area (Å²) in [6.07, 6.45) is 8.50. The number of carbonyl (C=O) groups excluding carboxylic acids is 8. The van der Waals surface area contributed by atoms with Crippen LogP contribution in [0.4, 0.5) is 0 Å². The van der Waals surface area contributed by atoms with Crippen LogP contribution in [0.15, 0.2) is 25.5 Å². The van der Waals surface area contributed by atoms with E-state index in [2.05, 4.69) is 27.4 Å². The Bertz CT molecular complexity index is 2040. The molecule has 0 bridgehead atoms. The Morgan fingerprint density at radius 2 is 0.744 bits per heavy atom. The Balaban J connectivity index is 0.000000270. The minimum Gasteiger partial charge on any atom is -0.467 e. The maximum atomic E-state index is 11.5. The standard InChI is InChI=1S/C10H16O4.C9H14O4.C8H14O4.C7H12O4.C7H10O4.C6H10O4.C6H8O4.C5H8O4/c11-10(9-6-12-7-13-9)14-8-4-2-1-3-5-8;10-9(8-5-11-6-12-8)13-7-3-1-2-4-7;1-8(2,3)12-7(9)6-4-10-5-11-6;1-5(2)11-7(8)6-3-9-4-10-6;1-2-3-10-7(8)6-4-9-5-11-6;2*1-2-9-6(7)5-3-8-4-10-5;1-7-5(6)4-2-8-3-9-4/h8-9H,1-7H2;7-8H,1-6H2;6H,4-5H2,1-3H3;5-6H,3-4H2,1-2H3;2,6H,1,3-5H2;5H,2-4H2,1H3;2,5H,1,3-4H2;4H,2-3H2,1H3. The first-order valence-electron chi connectivity index (χ1n) is 29.5. The maximum absolute atomic E-state index is 11.5. The summed E-state index contributed by atoms with van der Waals surface area (Å²) < 4.78 is 117. The maximum Gasteiger partial charge on any atom is 0.342 e. The molecule has 0 N–H and O–H groups in total. The molecule has 0 aromatic carbocycles. The molecule has 0 aromatic heterocycles. The van der Waals surface area contributed by atoms with Gasteiger partial charge in [-0.25, -0.2) is 38.4 Å². The molecule has 10 fully saturated rings. The minimum atomic E-state index is -0.571. The zero-order valence-electron chi connectivity index (χ0n) is 52.6. The third kappa shape index (κ3) is 34.3. The van der Waals surface area contributed by atoms with Crippen molar-refractivity contribution in [2.24, 2.45) is 0 Å². The lowest BCUT2D eigenvalue weighted by atomic mass is 9.98. The molecule has 0 spiro atoms. The molecule has 8 unspecified atom stereocenters. The number of hydrogen-bond donors (Lipinski definition) is 0. The highest BCUT2D eigenvalue weighted by Crippen LogP contribution is 2.23. The van der Waals surface area contributed by atoms with Gasteiger partial charge in [-0.15, -0.1) is 0 Å². The van der Waals surface area contributed by atoms with Crippen LogP contribution < -0.4 is 0 Å². The second kappa shape index (κ2) is 46.6. The number of methoxy groups -OCH3 is 1. The summed E-state index contributed by atoms with van der Waals surface area (Å²) in [5, 5.41) is 0. The Labute approximate surface area is 523 Å². The first-order valence-corrected chi connectivity index (χ1v) is 29.5. The van der Waals surface area contributed by atoms with E-state index in [0.29, 0.717) is 46.2 Å². The van der Waals surface area contributed by atoms with Gasteiger partial charge in [0.05, 0.1) is 78.9 Å². The van der Waals surface area contributed by atoms with Crippen LogP contribution in [0.5, 0.6) is 0 Å². The number of ether oxygens (including phenoxy) is 24. The van der Waals surface area contributed by atoms with Gasteiger partial charge in [0, 0.05) is 0 Å². The molecule has 8 aliphatic heterocycles. The molecule has 32 heteroatoms. The lowest BCUT2D eigenvalue weighted by molar-refractivity contribution is -0.165. The second-order valence-electron chi connectivity index (χ2n) is 21.0. The molecule has 0 amide bonds. The van der Waals surface area contributed by atoms with E-state index in [1.165, 1.54) is 45.3 Å². The molecule has 8 atom stereocenters. The van der Waals surface area contributed by atoms with Crippen molar-refractivity contribution in [3.63, 3.8) is 0 Å². The van der Waals surface area contributed by atoms with Crippen molar-refractivity contribution in [2.45, 2.75) is 172 Å². The van der Waals surface area contributed by atoms with Crippen LogP contribution in [0.1, 0.15) is 99.3 Å². The number of hydrogen-bond acceptors (Lipinski definition) is 32. The van der Waals surface area contributed by atoms with Gasteiger partial charge in [-0.05, 0) is 92.9 Å². The van der Waals surface area contributed by atoms with Gasteiger partial charge in [0.25, 0.3) is 0 Å². The number of carbonyl (C=O) groups is 8. The van der Waals surface area contributed by atoms with Gasteiger partial charge < -0.3 is 114 Å². The second-order valence-corrected chi connectivity index (χ2v) is 21.0. The summed E-state index contributed by atoms with van der Waals surface area (Å²) in [4.78, 5) is 88.2. The van der Waals surface area contributed by atoms with Gasteiger partial charge in [0.2, 0.25) is 0 Å². The molecule has 90 heavy (non-hydrogen) atoms. The monoisotopic (exact) mass is 1300 g/mol. The average molecular weight is 1300 g/mol. The highest BCUT2D eigenvalue weighted by atomic mass is 16.8. The summed E-state index contributed by atoms with van der Waals surface area (Å²) in [7, 11) is 1.32. The highest BCUT2D eigenvalue weighted by molar-refractivity contribution is 5.78. The van der Waals surface area contributed by atoms with Crippen molar-refractivity contribution < 1.29 is 152 Å². The SMILES string of the molecule is C=CCOC(=O)C1COCO1.C=COC(=O)C1COCO1.CC(C)(C)OC(=O)C1COCO1.CC(C)OC(=O)C1COCO1.CCOC(=O)C1COCO1.COC(=O)C1COCO1.O=C(OC1CCCC1)C1COCO1.O=C(OC1CCCCC1)C1COCO1. The molecule has 0 radical (unpaired) electrons. The summed E-state index contributed by atoms with van der Waals surface area (Å²) in [6.45, 7) is 22.1. The smallest absolute Gasteiger partial charge is 0.342 e. The topological polar surface area (TPSA) is 358 Å². The number of esters is 8. The zero-order chi connectivity index (χ0) is 65.9. The normalized spacial score (nSPS) is 25.8. The molecule has 10 rings (SSSR count). The van der Waals surface area contributed by atoms with Crippen LogP contribution in [0, 0.1) is 0 Å². The summed E-state index contributed by atoms with van der Waals surface area (Å²) in [5.41, 5.74) is -0.455. The van der Waals surface area contributed by atoms with E-state index >= 15 is 0 Å². The minimum absolute atomic E-state index is 0.0910. The van der Waals surface area contributed by atoms with Gasteiger partial charge in [0.15, 0.2) is 48.8 Å². The molecule has 10 aliphatic rings. The van der Waals surface area contributed by atoms with Gasteiger partial charge in [-0.3, -0.25) is 0 Å². The largest absolute Gasteiger partial charge is 0.467 e. The van der Waals surface area contributed by atoms with Crippen molar-refractivity contribution in [3.8, 4) is 0 Å². The van der Waals surface area contributed by atoms with Crippen molar-refractivity contribution in [2.75, 3.05) is 128 Å². The fourth-order valence-electron chi connectivity index (χ4n) is 7.86. The molecular formula is C58H92O32.